The standard InChI is InChI=1S/C18H19FN2O/c1-13-8-9-14(12-15(13)19)18(22)21-11-5-10-20(2)16-6-3-4-7-17(16)21/h3-4,6-9,12H,5,10-11H2,1-2H3. The van der Waals surface area contributed by atoms with Gasteiger partial charge < -0.3 is 9.80 Å². The van der Waals surface area contributed by atoms with Gasteiger partial charge in [0.25, 0.3) is 5.91 Å². The molecule has 3 rings (SSSR count). The molecule has 0 aliphatic carbocycles. The molecule has 0 aromatic heterocycles. The number of anilines is 2. The molecule has 1 aliphatic heterocycles. The molecule has 0 radical (unpaired) electrons. The summed E-state index contributed by atoms with van der Waals surface area (Å²) in [4.78, 5) is 16.7. The van der Waals surface area contributed by atoms with Gasteiger partial charge in [-0.1, -0.05) is 18.2 Å². The van der Waals surface area contributed by atoms with Gasteiger partial charge in [-0.25, -0.2) is 4.39 Å². The van der Waals surface area contributed by atoms with Crippen LogP contribution in [0.2, 0.25) is 0 Å². The van der Waals surface area contributed by atoms with E-state index in [2.05, 4.69) is 4.90 Å². The lowest BCUT2D eigenvalue weighted by atomic mass is 10.1. The van der Waals surface area contributed by atoms with Crippen molar-refractivity contribution in [3.8, 4) is 0 Å². The first-order valence-corrected chi connectivity index (χ1v) is 7.46. The van der Waals surface area contributed by atoms with Gasteiger partial charge in [-0.15, -0.1) is 0 Å². The maximum Gasteiger partial charge on any atom is 0.258 e. The second-order valence-electron chi connectivity index (χ2n) is 5.68. The number of amides is 1. The molecule has 0 saturated carbocycles. The van der Waals surface area contributed by atoms with Gasteiger partial charge in [0.2, 0.25) is 0 Å². The predicted octanol–water partition coefficient (Wildman–Crippen LogP) is 3.62. The Morgan fingerprint density at radius 1 is 1.09 bits per heavy atom. The van der Waals surface area contributed by atoms with Crippen molar-refractivity contribution in [1.82, 2.24) is 0 Å². The topological polar surface area (TPSA) is 23.6 Å². The molecule has 1 aliphatic rings. The van der Waals surface area contributed by atoms with E-state index >= 15 is 0 Å². The highest BCUT2D eigenvalue weighted by Gasteiger charge is 2.24. The van der Waals surface area contributed by atoms with Gasteiger partial charge in [0.15, 0.2) is 0 Å². The van der Waals surface area contributed by atoms with E-state index < -0.39 is 0 Å². The van der Waals surface area contributed by atoms with Gasteiger partial charge in [-0.3, -0.25) is 4.79 Å². The van der Waals surface area contributed by atoms with Crippen LogP contribution < -0.4 is 9.80 Å². The Morgan fingerprint density at radius 3 is 2.55 bits per heavy atom. The molecule has 0 bridgehead atoms. The average molecular weight is 298 g/mol. The molecule has 0 N–H and O–H groups in total. The third-order valence-corrected chi connectivity index (χ3v) is 4.12. The van der Waals surface area contributed by atoms with Crippen molar-refractivity contribution < 1.29 is 9.18 Å². The fourth-order valence-electron chi connectivity index (χ4n) is 2.81. The number of benzene rings is 2. The summed E-state index contributed by atoms with van der Waals surface area (Å²) in [7, 11) is 2.03. The second kappa shape index (κ2) is 5.79. The van der Waals surface area contributed by atoms with Crippen LogP contribution in [0.3, 0.4) is 0 Å². The van der Waals surface area contributed by atoms with E-state index in [9.17, 15) is 9.18 Å². The fourth-order valence-corrected chi connectivity index (χ4v) is 2.81. The highest BCUT2D eigenvalue weighted by molar-refractivity contribution is 6.08. The minimum Gasteiger partial charge on any atom is -0.373 e. The molecule has 0 fully saturated rings. The number of carbonyl (C=O) groups is 1. The van der Waals surface area contributed by atoms with Gasteiger partial charge in [0.05, 0.1) is 11.4 Å². The summed E-state index contributed by atoms with van der Waals surface area (Å²) in [5, 5.41) is 0. The minimum absolute atomic E-state index is 0.151. The van der Waals surface area contributed by atoms with Crippen molar-refractivity contribution in [2.24, 2.45) is 0 Å². The number of para-hydroxylation sites is 2. The van der Waals surface area contributed by atoms with Gasteiger partial charge in [0.1, 0.15) is 5.82 Å². The molecule has 0 atom stereocenters. The molecule has 2 aromatic rings. The molecule has 22 heavy (non-hydrogen) atoms. The van der Waals surface area contributed by atoms with Gasteiger partial charge in [-0.05, 0) is 43.2 Å². The Balaban J connectivity index is 2.01. The molecule has 4 heteroatoms. The summed E-state index contributed by atoms with van der Waals surface area (Å²) in [5.74, 6) is -0.493. The molecular weight excluding hydrogens is 279 g/mol. The van der Waals surface area contributed by atoms with E-state index in [-0.39, 0.29) is 11.7 Å². The highest BCUT2D eigenvalue weighted by Crippen LogP contribution is 2.32. The van der Waals surface area contributed by atoms with Crippen molar-refractivity contribution in [2.75, 3.05) is 29.9 Å². The Kier molecular flexibility index (Phi) is 3.84. The highest BCUT2D eigenvalue weighted by atomic mass is 19.1. The number of fused-ring (bicyclic) bond motifs is 1. The maximum absolute atomic E-state index is 13.8. The number of rotatable bonds is 1. The quantitative estimate of drug-likeness (QED) is 0.803. The third kappa shape index (κ3) is 2.56. The first kappa shape index (κ1) is 14.6. The summed E-state index contributed by atoms with van der Waals surface area (Å²) < 4.78 is 13.8. The second-order valence-corrected chi connectivity index (χ2v) is 5.68. The first-order valence-electron chi connectivity index (χ1n) is 7.46. The smallest absolute Gasteiger partial charge is 0.258 e. The average Bonchev–Trinajstić information content (AvgIpc) is 2.69. The maximum atomic E-state index is 13.8. The normalized spacial score (nSPS) is 14.5. The van der Waals surface area contributed by atoms with Gasteiger partial charge in [0, 0.05) is 25.7 Å². The predicted molar refractivity (Wildman–Crippen MR) is 87.1 cm³/mol. The molecule has 2 aromatic carbocycles. The molecule has 114 valence electrons. The third-order valence-electron chi connectivity index (χ3n) is 4.12. The lowest BCUT2D eigenvalue weighted by molar-refractivity contribution is 0.0987. The number of nitrogens with zero attached hydrogens (tertiary/aromatic N) is 2. The van der Waals surface area contributed by atoms with Crippen LogP contribution in [-0.4, -0.2) is 26.0 Å². The van der Waals surface area contributed by atoms with E-state index in [0.717, 1.165) is 24.3 Å². The van der Waals surface area contributed by atoms with Crippen molar-refractivity contribution >= 4 is 17.3 Å². The van der Waals surface area contributed by atoms with E-state index in [1.165, 1.54) is 6.07 Å². The molecule has 0 unspecified atom stereocenters. The lowest BCUT2D eigenvalue weighted by Gasteiger charge is -2.24. The largest absolute Gasteiger partial charge is 0.373 e. The molecule has 1 amide bonds. The summed E-state index contributed by atoms with van der Waals surface area (Å²) in [6.45, 7) is 3.22. The van der Waals surface area contributed by atoms with Crippen LogP contribution in [0.25, 0.3) is 0 Å². The monoisotopic (exact) mass is 298 g/mol. The molecule has 0 spiro atoms. The molecular formula is C18H19FN2O. The van der Waals surface area contributed by atoms with Crippen molar-refractivity contribution in [3.05, 3.63) is 59.4 Å². The molecule has 3 nitrogen and oxygen atoms in total. The first-order chi connectivity index (χ1) is 10.6. The van der Waals surface area contributed by atoms with E-state index in [4.69, 9.17) is 0 Å². The van der Waals surface area contributed by atoms with Crippen molar-refractivity contribution in [1.29, 1.82) is 0 Å². The molecule has 1 heterocycles. The van der Waals surface area contributed by atoms with E-state index in [1.807, 2.05) is 31.3 Å². The molecule has 0 saturated heterocycles. The fraction of sp³-hybridized carbons (Fsp3) is 0.278. The van der Waals surface area contributed by atoms with Crippen molar-refractivity contribution in [3.63, 3.8) is 0 Å². The van der Waals surface area contributed by atoms with Gasteiger partial charge in [-0.2, -0.15) is 0 Å². The SMILES string of the molecule is Cc1ccc(C(=O)N2CCCN(C)c3ccccc32)cc1F. The summed E-state index contributed by atoms with van der Waals surface area (Å²) in [6.07, 6.45) is 0.880. The Labute approximate surface area is 130 Å². The number of halogens is 1. The zero-order valence-corrected chi connectivity index (χ0v) is 12.8. The Hall–Kier alpha value is -2.36. The number of aryl methyl sites for hydroxylation is 1. The van der Waals surface area contributed by atoms with Crippen LogP contribution in [0.5, 0.6) is 0 Å². The Bertz CT molecular complexity index is 714. The zero-order chi connectivity index (χ0) is 15.7. The van der Waals surface area contributed by atoms with Crippen LogP contribution >= 0.6 is 0 Å². The Morgan fingerprint density at radius 2 is 1.82 bits per heavy atom. The summed E-state index contributed by atoms with van der Waals surface area (Å²) in [6, 6.07) is 12.5. The van der Waals surface area contributed by atoms with Crippen molar-refractivity contribution in [2.45, 2.75) is 13.3 Å². The minimum atomic E-state index is -0.342. The van der Waals surface area contributed by atoms with Crippen LogP contribution in [-0.2, 0) is 0 Å². The summed E-state index contributed by atoms with van der Waals surface area (Å²) in [5.41, 5.74) is 2.85. The number of hydrogen-bond donors (Lipinski definition) is 0. The summed E-state index contributed by atoms with van der Waals surface area (Å²) >= 11 is 0. The number of hydrogen-bond acceptors (Lipinski definition) is 2. The van der Waals surface area contributed by atoms with Crippen LogP contribution in [0.1, 0.15) is 22.3 Å². The van der Waals surface area contributed by atoms with Crippen LogP contribution in [0.15, 0.2) is 42.5 Å². The van der Waals surface area contributed by atoms with Crippen LogP contribution in [0.4, 0.5) is 15.8 Å². The number of carbonyl (C=O) groups excluding carboxylic acids is 1. The lowest BCUT2D eigenvalue weighted by Crippen LogP contribution is -2.31. The van der Waals surface area contributed by atoms with Gasteiger partial charge >= 0.3 is 0 Å². The van der Waals surface area contributed by atoms with E-state index in [1.54, 1.807) is 24.0 Å². The van der Waals surface area contributed by atoms with E-state index in [0.29, 0.717) is 17.7 Å². The zero-order valence-electron chi connectivity index (χ0n) is 12.8. The van der Waals surface area contributed by atoms with Crippen LogP contribution in [0, 0.1) is 12.7 Å².